The Kier molecular flexibility index (Phi) is 8.97. The molecule has 1 saturated carbocycles. The minimum absolute atomic E-state index is 0.190. The van der Waals surface area contributed by atoms with Crippen molar-refractivity contribution in [2.24, 2.45) is 11.7 Å². The number of aliphatic hydroxyl groups is 1. The first-order chi connectivity index (χ1) is 12.2. The average molecular weight is 373 g/mol. The lowest BCUT2D eigenvalue weighted by Gasteiger charge is -2.26. The summed E-state index contributed by atoms with van der Waals surface area (Å²) in [7, 11) is 0. The lowest BCUT2D eigenvalue weighted by atomic mass is 9.84. The second-order valence-corrected chi connectivity index (χ2v) is 7.14. The molecule has 1 fully saturated rings. The van der Waals surface area contributed by atoms with Gasteiger partial charge in [-0.2, -0.15) is 0 Å². The maximum atomic E-state index is 11.9. The molecule has 9 nitrogen and oxygen atoms in total. The van der Waals surface area contributed by atoms with Crippen LogP contribution in [0.2, 0.25) is 0 Å². The smallest absolute Gasteiger partial charge is 0.329 e. The number of carbonyl (C=O) groups excluding carboxylic acids is 2. The van der Waals surface area contributed by atoms with Gasteiger partial charge >= 0.3 is 5.97 Å². The van der Waals surface area contributed by atoms with E-state index >= 15 is 0 Å². The zero-order chi connectivity index (χ0) is 19.7. The lowest BCUT2D eigenvalue weighted by Crippen LogP contribution is -2.53. The summed E-state index contributed by atoms with van der Waals surface area (Å²) in [5, 5.41) is 21.4. The van der Waals surface area contributed by atoms with Gasteiger partial charge in [0, 0.05) is 6.04 Å². The third-order valence-corrected chi connectivity index (χ3v) is 4.97. The van der Waals surface area contributed by atoms with E-state index in [1.807, 2.05) is 5.48 Å². The third kappa shape index (κ3) is 6.89. The lowest BCUT2D eigenvalue weighted by molar-refractivity contribution is -0.151. The number of carboxylic acid groups (broad SMARTS) is 1. The summed E-state index contributed by atoms with van der Waals surface area (Å²) in [6.45, 7) is 2.43. The number of nitrogens with one attached hydrogen (secondary N) is 2. The Morgan fingerprint density at radius 1 is 1.27 bits per heavy atom. The Morgan fingerprint density at radius 3 is 2.42 bits per heavy atom. The van der Waals surface area contributed by atoms with Crippen LogP contribution in [0.25, 0.3) is 0 Å². The number of hydrogen-bond acceptors (Lipinski definition) is 6. The second kappa shape index (κ2) is 10.4. The number of aliphatic carboxylic acids is 1. The Labute approximate surface area is 153 Å². The molecule has 0 radical (unpaired) electrons. The van der Waals surface area contributed by atoms with Crippen LogP contribution in [0.5, 0.6) is 0 Å². The number of hydrogen-bond donors (Lipinski definition) is 5. The molecular formula is C17H31N3O6. The van der Waals surface area contributed by atoms with Crippen LogP contribution < -0.4 is 16.5 Å². The van der Waals surface area contributed by atoms with Crippen LogP contribution in [0, 0.1) is 5.92 Å². The van der Waals surface area contributed by atoms with Gasteiger partial charge in [-0.3, -0.25) is 14.4 Å². The van der Waals surface area contributed by atoms with E-state index in [0.29, 0.717) is 12.3 Å². The zero-order valence-electron chi connectivity index (χ0n) is 15.5. The Bertz CT molecular complexity index is 495. The molecule has 0 spiro atoms. The van der Waals surface area contributed by atoms with E-state index in [1.54, 1.807) is 6.92 Å². The summed E-state index contributed by atoms with van der Waals surface area (Å²) in [6, 6.07) is -0.703. The van der Waals surface area contributed by atoms with Gasteiger partial charge in [0.05, 0.1) is 0 Å². The number of hydroxylamine groups is 1. The quantitative estimate of drug-likeness (QED) is 0.340. The predicted octanol–water partition coefficient (Wildman–Crippen LogP) is 0.0623. The molecule has 9 heteroatoms. The highest BCUT2D eigenvalue weighted by Gasteiger charge is 2.33. The fraction of sp³-hybridized carbons (Fsp3) is 0.824. The Hall–Kier alpha value is -1.71. The molecule has 6 N–H and O–H groups in total. The van der Waals surface area contributed by atoms with E-state index < -0.39 is 42.1 Å². The monoisotopic (exact) mass is 373 g/mol. The van der Waals surface area contributed by atoms with Gasteiger partial charge in [-0.15, -0.1) is 0 Å². The summed E-state index contributed by atoms with van der Waals surface area (Å²) in [4.78, 5) is 39.5. The molecule has 26 heavy (non-hydrogen) atoms. The maximum absolute atomic E-state index is 11.9. The first kappa shape index (κ1) is 22.3. The molecule has 0 aliphatic heterocycles. The van der Waals surface area contributed by atoms with Crippen molar-refractivity contribution in [3.63, 3.8) is 0 Å². The number of aliphatic hydroxyl groups excluding tert-OH is 1. The summed E-state index contributed by atoms with van der Waals surface area (Å²) in [5.74, 6) is -2.27. The molecule has 0 saturated heterocycles. The van der Waals surface area contributed by atoms with Crippen LogP contribution in [-0.2, 0) is 19.2 Å². The number of nitrogens with two attached hydrogens (primary N) is 1. The van der Waals surface area contributed by atoms with Crippen molar-refractivity contribution in [1.29, 1.82) is 0 Å². The predicted molar refractivity (Wildman–Crippen MR) is 93.7 cm³/mol. The fourth-order valence-corrected chi connectivity index (χ4v) is 3.00. The molecule has 0 aromatic rings. The second-order valence-electron chi connectivity index (χ2n) is 7.14. The van der Waals surface area contributed by atoms with Gasteiger partial charge in [-0.1, -0.05) is 39.0 Å². The molecule has 2 amide bonds. The number of carboxylic acids is 1. The topological polar surface area (TPSA) is 151 Å². The molecule has 0 aromatic heterocycles. The van der Waals surface area contributed by atoms with E-state index in [4.69, 9.17) is 15.7 Å². The minimum Gasteiger partial charge on any atom is -0.480 e. The SMILES string of the molecule is CC[C@](C)(NC(=O)CONC(=O)C(O)[C@H](N)CC1CCCCC1)C(=O)O. The van der Waals surface area contributed by atoms with Crippen molar-refractivity contribution < 1.29 is 29.4 Å². The fourth-order valence-electron chi connectivity index (χ4n) is 3.00. The molecule has 0 aromatic carbocycles. The van der Waals surface area contributed by atoms with Crippen LogP contribution in [0.4, 0.5) is 0 Å². The largest absolute Gasteiger partial charge is 0.480 e. The molecular weight excluding hydrogens is 342 g/mol. The van der Waals surface area contributed by atoms with E-state index in [0.717, 1.165) is 25.7 Å². The van der Waals surface area contributed by atoms with Crippen molar-refractivity contribution in [1.82, 2.24) is 10.8 Å². The molecule has 1 rings (SSSR count). The van der Waals surface area contributed by atoms with Crippen molar-refractivity contribution >= 4 is 17.8 Å². The molecule has 0 heterocycles. The number of amides is 2. The maximum Gasteiger partial charge on any atom is 0.329 e. The standard InChI is InChI=1S/C17H31N3O6/c1-3-17(2,16(24)25)19-13(21)10-26-20-15(23)14(22)12(18)9-11-7-5-4-6-8-11/h11-12,14,22H,3-10,18H2,1-2H3,(H,19,21)(H,20,23)(H,24,25)/t12-,14?,17+/m1/s1. The summed E-state index contributed by atoms with van der Waals surface area (Å²) in [6.07, 6.45) is 4.92. The van der Waals surface area contributed by atoms with E-state index in [-0.39, 0.29) is 6.42 Å². The van der Waals surface area contributed by atoms with Crippen LogP contribution in [0.15, 0.2) is 0 Å². The highest BCUT2D eigenvalue weighted by molar-refractivity contribution is 5.87. The van der Waals surface area contributed by atoms with E-state index in [2.05, 4.69) is 5.32 Å². The van der Waals surface area contributed by atoms with Gasteiger partial charge in [-0.05, 0) is 25.7 Å². The average Bonchev–Trinajstić information content (AvgIpc) is 2.61. The minimum atomic E-state index is -1.43. The molecule has 0 bridgehead atoms. The van der Waals surface area contributed by atoms with E-state index in [1.165, 1.54) is 13.3 Å². The first-order valence-electron chi connectivity index (χ1n) is 9.09. The summed E-state index contributed by atoms with van der Waals surface area (Å²) < 4.78 is 0. The van der Waals surface area contributed by atoms with Gasteiger partial charge in [0.2, 0.25) is 5.91 Å². The van der Waals surface area contributed by atoms with Crippen LogP contribution in [0.3, 0.4) is 0 Å². The van der Waals surface area contributed by atoms with Gasteiger partial charge < -0.3 is 21.3 Å². The normalized spacial score (nSPS) is 19.8. The number of carbonyl (C=O) groups is 3. The van der Waals surface area contributed by atoms with Crippen molar-refractivity contribution in [2.45, 2.75) is 76.5 Å². The molecule has 1 aliphatic carbocycles. The van der Waals surface area contributed by atoms with Crippen molar-refractivity contribution in [2.75, 3.05) is 6.61 Å². The Morgan fingerprint density at radius 2 is 1.88 bits per heavy atom. The zero-order valence-corrected chi connectivity index (χ0v) is 15.5. The van der Waals surface area contributed by atoms with Gasteiger partial charge in [0.15, 0.2) is 6.61 Å². The third-order valence-electron chi connectivity index (χ3n) is 4.97. The van der Waals surface area contributed by atoms with Crippen LogP contribution in [0.1, 0.15) is 58.8 Å². The summed E-state index contributed by atoms with van der Waals surface area (Å²) in [5.41, 5.74) is 6.48. The highest BCUT2D eigenvalue weighted by atomic mass is 16.7. The van der Waals surface area contributed by atoms with Crippen LogP contribution in [-0.4, -0.2) is 52.3 Å². The van der Waals surface area contributed by atoms with Gasteiger partial charge in [0.25, 0.3) is 5.91 Å². The highest BCUT2D eigenvalue weighted by Crippen LogP contribution is 2.27. The van der Waals surface area contributed by atoms with Gasteiger partial charge in [0.1, 0.15) is 11.6 Å². The summed E-state index contributed by atoms with van der Waals surface area (Å²) >= 11 is 0. The molecule has 150 valence electrons. The van der Waals surface area contributed by atoms with Gasteiger partial charge in [-0.25, -0.2) is 10.3 Å². The number of rotatable bonds is 10. The van der Waals surface area contributed by atoms with Crippen molar-refractivity contribution in [3.8, 4) is 0 Å². The van der Waals surface area contributed by atoms with Crippen molar-refractivity contribution in [3.05, 3.63) is 0 Å². The molecule has 3 atom stereocenters. The first-order valence-corrected chi connectivity index (χ1v) is 9.09. The molecule has 1 unspecified atom stereocenters. The Balaban J connectivity index is 2.33. The molecule has 1 aliphatic rings. The van der Waals surface area contributed by atoms with E-state index in [9.17, 15) is 19.5 Å². The van der Waals surface area contributed by atoms with Crippen LogP contribution >= 0.6 is 0 Å².